The third kappa shape index (κ3) is 2.84. The zero-order chi connectivity index (χ0) is 9.68. The lowest BCUT2D eigenvalue weighted by molar-refractivity contribution is 0.494. The number of nitrogens with zero attached hydrogens (tertiary/aromatic N) is 2. The number of aromatic nitrogens is 2. The monoisotopic (exact) mass is 181 g/mol. The molecule has 1 aromatic rings. The van der Waals surface area contributed by atoms with Gasteiger partial charge in [-0.05, 0) is 13.0 Å². The molecule has 0 aromatic carbocycles. The molecule has 1 rings (SSSR count). The molecule has 0 saturated heterocycles. The third-order valence-electron chi connectivity index (χ3n) is 2.34. The average Bonchev–Trinajstić information content (AvgIpc) is 2.51. The Morgan fingerprint density at radius 3 is 2.77 bits per heavy atom. The second kappa shape index (κ2) is 5.02. The minimum absolute atomic E-state index is 0.561. The van der Waals surface area contributed by atoms with Gasteiger partial charge in [-0.15, -0.1) is 0 Å². The Balaban J connectivity index is 2.51. The van der Waals surface area contributed by atoms with E-state index in [0.717, 1.165) is 25.2 Å². The Hall–Kier alpha value is -0.830. The number of rotatable bonds is 5. The van der Waals surface area contributed by atoms with Crippen LogP contribution in [0.4, 0.5) is 0 Å². The van der Waals surface area contributed by atoms with E-state index in [1.165, 1.54) is 0 Å². The van der Waals surface area contributed by atoms with Crippen LogP contribution in [0.3, 0.4) is 0 Å². The van der Waals surface area contributed by atoms with Crippen LogP contribution >= 0.6 is 0 Å². The van der Waals surface area contributed by atoms with Crippen LogP contribution in [0.5, 0.6) is 0 Å². The summed E-state index contributed by atoms with van der Waals surface area (Å²) in [6.07, 6.45) is 6.02. The Labute approximate surface area is 80.2 Å². The average molecular weight is 181 g/mol. The van der Waals surface area contributed by atoms with E-state index in [-0.39, 0.29) is 0 Å². The fourth-order valence-corrected chi connectivity index (χ4v) is 1.46. The number of hydrogen-bond acceptors (Lipinski definition) is 2. The Morgan fingerprint density at radius 1 is 1.54 bits per heavy atom. The molecule has 0 radical (unpaired) electrons. The van der Waals surface area contributed by atoms with E-state index in [4.69, 9.17) is 0 Å². The van der Waals surface area contributed by atoms with Crippen LogP contribution in [0.25, 0.3) is 0 Å². The summed E-state index contributed by atoms with van der Waals surface area (Å²) in [5, 5.41) is 3.44. The number of likely N-dealkylation sites (N-methyl/N-ethyl adjacent to an activating group) is 1. The molecular weight excluding hydrogens is 162 g/mol. The van der Waals surface area contributed by atoms with Crippen molar-refractivity contribution in [3.63, 3.8) is 0 Å². The van der Waals surface area contributed by atoms with Gasteiger partial charge >= 0.3 is 0 Å². The molecule has 1 unspecified atom stereocenters. The molecule has 0 aliphatic heterocycles. The highest BCUT2D eigenvalue weighted by Crippen LogP contribution is 2.02. The van der Waals surface area contributed by atoms with Crippen LogP contribution in [0.1, 0.15) is 26.1 Å². The summed E-state index contributed by atoms with van der Waals surface area (Å²) in [5.74, 6) is 1.16. The molecular formula is C10H19N3. The largest absolute Gasteiger partial charge is 0.338 e. The van der Waals surface area contributed by atoms with Crippen molar-refractivity contribution in [3.8, 4) is 0 Å². The SMILES string of the molecule is CCNC(CC)Cc1nccn1C. The second-order valence-electron chi connectivity index (χ2n) is 3.32. The first kappa shape index (κ1) is 10.3. The summed E-state index contributed by atoms with van der Waals surface area (Å²) in [5.41, 5.74) is 0. The van der Waals surface area contributed by atoms with E-state index in [1.807, 2.05) is 19.4 Å². The van der Waals surface area contributed by atoms with Gasteiger partial charge in [-0.3, -0.25) is 0 Å². The Morgan fingerprint density at radius 2 is 2.31 bits per heavy atom. The van der Waals surface area contributed by atoms with Crippen molar-refractivity contribution < 1.29 is 0 Å². The summed E-state index contributed by atoms with van der Waals surface area (Å²) < 4.78 is 2.08. The number of nitrogens with one attached hydrogen (secondary N) is 1. The first-order chi connectivity index (χ1) is 6.27. The predicted molar refractivity (Wildman–Crippen MR) is 54.7 cm³/mol. The van der Waals surface area contributed by atoms with Gasteiger partial charge in [-0.25, -0.2) is 4.98 Å². The molecule has 0 bridgehead atoms. The standard InChI is InChI=1S/C10H19N3/c1-4-9(11-5-2)8-10-12-6-7-13(10)3/h6-7,9,11H,4-5,8H2,1-3H3. The molecule has 1 atom stereocenters. The number of aryl methyl sites for hydroxylation is 1. The molecule has 3 nitrogen and oxygen atoms in total. The minimum atomic E-state index is 0.561. The Bertz CT molecular complexity index is 242. The van der Waals surface area contributed by atoms with Gasteiger partial charge in [0.2, 0.25) is 0 Å². The van der Waals surface area contributed by atoms with Gasteiger partial charge in [0, 0.05) is 31.9 Å². The first-order valence-corrected chi connectivity index (χ1v) is 4.97. The van der Waals surface area contributed by atoms with Crippen molar-refractivity contribution in [3.05, 3.63) is 18.2 Å². The summed E-state index contributed by atoms with van der Waals surface area (Å²) in [4.78, 5) is 4.31. The highest BCUT2D eigenvalue weighted by molar-refractivity contribution is 4.94. The van der Waals surface area contributed by atoms with Crippen LogP contribution in [-0.4, -0.2) is 22.1 Å². The fourth-order valence-electron chi connectivity index (χ4n) is 1.46. The van der Waals surface area contributed by atoms with Crippen molar-refractivity contribution in [1.82, 2.24) is 14.9 Å². The summed E-state index contributed by atoms with van der Waals surface area (Å²) in [7, 11) is 2.04. The van der Waals surface area contributed by atoms with Gasteiger partial charge in [-0.1, -0.05) is 13.8 Å². The molecule has 0 spiro atoms. The van der Waals surface area contributed by atoms with Gasteiger partial charge in [0.05, 0.1) is 0 Å². The van der Waals surface area contributed by atoms with Gasteiger partial charge in [0.15, 0.2) is 0 Å². The molecule has 13 heavy (non-hydrogen) atoms. The maximum Gasteiger partial charge on any atom is 0.109 e. The lowest BCUT2D eigenvalue weighted by atomic mass is 10.1. The van der Waals surface area contributed by atoms with Crippen molar-refractivity contribution in [2.45, 2.75) is 32.7 Å². The van der Waals surface area contributed by atoms with Crippen LogP contribution in [-0.2, 0) is 13.5 Å². The predicted octanol–water partition coefficient (Wildman–Crippen LogP) is 1.35. The van der Waals surface area contributed by atoms with E-state index in [1.54, 1.807) is 0 Å². The van der Waals surface area contributed by atoms with E-state index in [9.17, 15) is 0 Å². The van der Waals surface area contributed by atoms with Crippen molar-refractivity contribution in [1.29, 1.82) is 0 Å². The smallest absolute Gasteiger partial charge is 0.109 e. The molecule has 1 aromatic heterocycles. The maximum atomic E-state index is 4.31. The normalized spacial score (nSPS) is 13.2. The van der Waals surface area contributed by atoms with Crippen molar-refractivity contribution >= 4 is 0 Å². The molecule has 0 amide bonds. The van der Waals surface area contributed by atoms with E-state index < -0.39 is 0 Å². The van der Waals surface area contributed by atoms with E-state index >= 15 is 0 Å². The number of imidazole rings is 1. The fraction of sp³-hybridized carbons (Fsp3) is 0.700. The quantitative estimate of drug-likeness (QED) is 0.743. The number of hydrogen-bond donors (Lipinski definition) is 1. The lowest BCUT2D eigenvalue weighted by Crippen LogP contribution is -2.31. The second-order valence-corrected chi connectivity index (χ2v) is 3.32. The van der Waals surface area contributed by atoms with E-state index in [2.05, 4.69) is 28.7 Å². The van der Waals surface area contributed by atoms with Crippen LogP contribution < -0.4 is 5.32 Å². The topological polar surface area (TPSA) is 29.9 Å². The van der Waals surface area contributed by atoms with Crippen LogP contribution in [0.15, 0.2) is 12.4 Å². The highest BCUT2D eigenvalue weighted by atomic mass is 15.0. The lowest BCUT2D eigenvalue weighted by Gasteiger charge is -2.14. The third-order valence-corrected chi connectivity index (χ3v) is 2.34. The molecule has 74 valence electrons. The van der Waals surface area contributed by atoms with Crippen molar-refractivity contribution in [2.75, 3.05) is 6.54 Å². The molecule has 0 fully saturated rings. The molecule has 0 saturated carbocycles. The molecule has 1 N–H and O–H groups in total. The maximum absolute atomic E-state index is 4.31. The molecule has 0 aliphatic carbocycles. The summed E-state index contributed by atoms with van der Waals surface area (Å²) in [6.45, 7) is 5.38. The van der Waals surface area contributed by atoms with Gasteiger partial charge < -0.3 is 9.88 Å². The zero-order valence-corrected chi connectivity index (χ0v) is 8.75. The first-order valence-electron chi connectivity index (χ1n) is 4.97. The zero-order valence-electron chi connectivity index (χ0n) is 8.75. The summed E-state index contributed by atoms with van der Waals surface area (Å²) >= 11 is 0. The summed E-state index contributed by atoms with van der Waals surface area (Å²) in [6, 6.07) is 0.561. The molecule has 3 heteroatoms. The molecule has 0 aliphatic rings. The van der Waals surface area contributed by atoms with Gasteiger partial charge in [0.1, 0.15) is 5.82 Å². The van der Waals surface area contributed by atoms with Gasteiger partial charge in [0.25, 0.3) is 0 Å². The molecule has 1 heterocycles. The van der Waals surface area contributed by atoms with Crippen LogP contribution in [0.2, 0.25) is 0 Å². The van der Waals surface area contributed by atoms with E-state index in [0.29, 0.717) is 6.04 Å². The Kier molecular flexibility index (Phi) is 3.96. The minimum Gasteiger partial charge on any atom is -0.338 e. The van der Waals surface area contributed by atoms with Gasteiger partial charge in [-0.2, -0.15) is 0 Å². The van der Waals surface area contributed by atoms with Crippen LogP contribution in [0, 0.1) is 0 Å². The highest BCUT2D eigenvalue weighted by Gasteiger charge is 2.08. The van der Waals surface area contributed by atoms with Crippen molar-refractivity contribution in [2.24, 2.45) is 7.05 Å².